The minimum absolute atomic E-state index is 0.0823. The van der Waals surface area contributed by atoms with Crippen molar-refractivity contribution in [2.24, 2.45) is 16.6 Å². The Balaban J connectivity index is 1.71. The fraction of sp³-hybridized carbons (Fsp3) is 0.350. The number of hydrogen-bond acceptors (Lipinski definition) is 6. The maximum atomic E-state index is 14.8. The number of thioether (sulfide) groups is 1. The van der Waals surface area contributed by atoms with Gasteiger partial charge in [0.25, 0.3) is 6.43 Å². The summed E-state index contributed by atoms with van der Waals surface area (Å²) in [5, 5.41) is 0.352. The van der Waals surface area contributed by atoms with E-state index < -0.39 is 29.3 Å². The highest BCUT2D eigenvalue weighted by atomic mass is 32.2. The number of fused-ring (bicyclic) bond motifs is 1. The van der Waals surface area contributed by atoms with Crippen LogP contribution in [0.3, 0.4) is 0 Å². The van der Waals surface area contributed by atoms with Crippen LogP contribution in [-0.2, 0) is 10.3 Å². The second-order valence-corrected chi connectivity index (χ2v) is 8.21. The molecule has 1 fully saturated rings. The zero-order chi connectivity index (χ0) is 21.5. The van der Waals surface area contributed by atoms with E-state index in [1.165, 1.54) is 30.0 Å². The van der Waals surface area contributed by atoms with Gasteiger partial charge in [0.2, 0.25) is 0 Å². The van der Waals surface area contributed by atoms with Crippen molar-refractivity contribution in [2.75, 3.05) is 12.4 Å². The lowest BCUT2D eigenvalue weighted by Gasteiger charge is -2.35. The van der Waals surface area contributed by atoms with E-state index in [9.17, 15) is 17.6 Å². The molecule has 158 valence electrons. The molecule has 2 aromatic rings. The van der Waals surface area contributed by atoms with Gasteiger partial charge in [-0.3, -0.25) is 9.97 Å². The van der Waals surface area contributed by atoms with Gasteiger partial charge < -0.3 is 10.5 Å². The van der Waals surface area contributed by atoms with E-state index in [0.717, 1.165) is 18.5 Å². The Labute approximate surface area is 174 Å². The van der Waals surface area contributed by atoms with Crippen molar-refractivity contribution < 1.29 is 22.3 Å². The largest absolute Gasteiger partial charge is 0.379 e. The van der Waals surface area contributed by atoms with E-state index in [4.69, 9.17) is 10.5 Å². The lowest BCUT2D eigenvalue weighted by Crippen LogP contribution is -2.41. The predicted octanol–water partition coefficient (Wildman–Crippen LogP) is 4.31. The Morgan fingerprint density at radius 1 is 1.33 bits per heavy atom. The summed E-state index contributed by atoms with van der Waals surface area (Å²) in [6.07, 6.45) is -0.0228. The van der Waals surface area contributed by atoms with E-state index in [0.29, 0.717) is 16.5 Å². The summed E-state index contributed by atoms with van der Waals surface area (Å²) in [5.41, 5.74) is 4.86. The van der Waals surface area contributed by atoms with Gasteiger partial charge in [0, 0.05) is 17.2 Å². The van der Waals surface area contributed by atoms with Gasteiger partial charge in [0.15, 0.2) is 11.0 Å². The highest BCUT2D eigenvalue weighted by Gasteiger charge is 2.52. The van der Waals surface area contributed by atoms with E-state index >= 15 is 0 Å². The van der Waals surface area contributed by atoms with Crippen molar-refractivity contribution in [2.45, 2.75) is 25.0 Å². The average molecular weight is 438 g/mol. The van der Waals surface area contributed by atoms with Crippen LogP contribution < -0.4 is 5.73 Å². The van der Waals surface area contributed by atoms with E-state index in [1.807, 2.05) is 6.92 Å². The van der Waals surface area contributed by atoms with Crippen LogP contribution in [-0.4, -0.2) is 33.6 Å². The third kappa shape index (κ3) is 3.69. The fourth-order valence-corrected chi connectivity index (χ4v) is 4.88. The van der Waals surface area contributed by atoms with Crippen molar-refractivity contribution in [3.8, 4) is 0 Å². The van der Waals surface area contributed by atoms with Crippen LogP contribution in [0.1, 0.15) is 35.9 Å². The lowest BCUT2D eigenvalue weighted by atomic mass is 9.78. The molecule has 0 aliphatic carbocycles. The van der Waals surface area contributed by atoms with Crippen LogP contribution in [0.25, 0.3) is 11.9 Å². The molecule has 1 aromatic heterocycles. The van der Waals surface area contributed by atoms with Crippen LogP contribution in [0.15, 0.2) is 35.6 Å². The molecule has 0 radical (unpaired) electrons. The number of aromatic nitrogens is 2. The molecule has 3 atom stereocenters. The molecule has 1 saturated heterocycles. The Bertz CT molecular complexity index is 1010. The quantitative estimate of drug-likeness (QED) is 0.720. The van der Waals surface area contributed by atoms with Gasteiger partial charge in [-0.15, -0.1) is 0 Å². The number of nitrogens with zero attached hydrogens (tertiary/aromatic N) is 3. The molecule has 30 heavy (non-hydrogen) atoms. The molecule has 3 heterocycles. The summed E-state index contributed by atoms with van der Waals surface area (Å²) in [6.45, 7) is 2.08. The number of halogens is 4. The summed E-state index contributed by atoms with van der Waals surface area (Å²) >= 11 is 1.40. The molecule has 1 aromatic carbocycles. The summed E-state index contributed by atoms with van der Waals surface area (Å²) in [6, 6.07) is 4.16. The molecule has 0 saturated carbocycles. The number of nitrogens with two attached hydrogens (primary N) is 1. The minimum Gasteiger partial charge on any atom is -0.379 e. The van der Waals surface area contributed by atoms with Crippen molar-refractivity contribution >= 4 is 28.8 Å². The highest BCUT2D eigenvalue weighted by molar-refractivity contribution is 8.13. The van der Waals surface area contributed by atoms with Crippen LogP contribution in [0.2, 0.25) is 0 Å². The summed E-state index contributed by atoms with van der Waals surface area (Å²) in [5.74, 6) is -0.717. The van der Waals surface area contributed by atoms with Gasteiger partial charge in [-0.1, -0.05) is 17.8 Å². The highest BCUT2D eigenvalue weighted by Crippen LogP contribution is 2.48. The first-order chi connectivity index (χ1) is 14.3. The van der Waals surface area contributed by atoms with Crippen LogP contribution >= 0.6 is 11.8 Å². The molecule has 0 amide bonds. The standard InChI is InChI=1S/C20H18F4N4OS/c1-10-13-8-30-19(25)28-20(13,9-29-10)12-4-11(2-3-14(12)21)5-15(22)16-6-27-17(7-26-16)18(23)24/h2-7,10,13,18H,8-9H2,1H3,(H2,25,28)/b15-5-/t10-,13-,20-/m0/s1. The van der Waals surface area contributed by atoms with Crippen molar-refractivity contribution in [1.82, 2.24) is 9.97 Å². The van der Waals surface area contributed by atoms with E-state index in [1.54, 1.807) is 0 Å². The van der Waals surface area contributed by atoms with Crippen LogP contribution in [0.4, 0.5) is 17.6 Å². The maximum Gasteiger partial charge on any atom is 0.281 e. The Hall–Kier alpha value is -2.46. The van der Waals surface area contributed by atoms with Crippen molar-refractivity contribution in [3.63, 3.8) is 0 Å². The topological polar surface area (TPSA) is 73.4 Å². The molecule has 2 aliphatic rings. The zero-order valence-electron chi connectivity index (χ0n) is 15.9. The van der Waals surface area contributed by atoms with Crippen molar-refractivity contribution in [1.29, 1.82) is 0 Å². The fourth-order valence-electron chi connectivity index (χ4n) is 3.76. The van der Waals surface area contributed by atoms with Gasteiger partial charge in [0.1, 0.15) is 22.7 Å². The number of aliphatic imine (C=N–C) groups is 1. The average Bonchev–Trinajstić information content (AvgIpc) is 3.06. The minimum atomic E-state index is -2.79. The van der Waals surface area contributed by atoms with Gasteiger partial charge in [-0.2, -0.15) is 0 Å². The van der Waals surface area contributed by atoms with Gasteiger partial charge >= 0.3 is 0 Å². The number of benzene rings is 1. The molecule has 0 bridgehead atoms. The number of hydrogen-bond donors (Lipinski definition) is 1. The Morgan fingerprint density at radius 2 is 2.13 bits per heavy atom. The smallest absolute Gasteiger partial charge is 0.281 e. The molecule has 4 rings (SSSR count). The summed E-state index contributed by atoms with van der Waals surface area (Å²) in [4.78, 5) is 11.7. The normalized spacial score (nSPS) is 26.6. The maximum absolute atomic E-state index is 14.8. The summed E-state index contributed by atoms with van der Waals surface area (Å²) < 4.78 is 60.4. The first-order valence-electron chi connectivity index (χ1n) is 9.17. The SMILES string of the molecule is C[C@@H]1OC[C@@]2(c3cc(/C=C(\F)c4cnc(C(F)F)cn4)ccc3F)N=C(N)SC[C@@H]12. The summed E-state index contributed by atoms with van der Waals surface area (Å²) in [7, 11) is 0. The second-order valence-electron chi connectivity index (χ2n) is 7.17. The van der Waals surface area contributed by atoms with Crippen molar-refractivity contribution in [3.05, 3.63) is 58.9 Å². The molecule has 5 nitrogen and oxygen atoms in total. The monoisotopic (exact) mass is 438 g/mol. The predicted molar refractivity (Wildman–Crippen MR) is 107 cm³/mol. The van der Waals surface area contributed by atoms with Gasteiger partial charge in [-0.05, 0) is 30.7 Å². The lowest BCUT2D eigenvalue weighted by molar-refractivity contribution is 0.107. The van der Waals surface area contributed by atoms with Crippen LogP contribution in [0.5, 0.6) is 0 Å². The number of alkyl halides is 2. The Kier molecular flexibility index (Phi) is 5.54. The molecule has 0 unspecified atom stereocenters. The number of ether oxygens (including phenoxy) is 1. The molecular formula is C20H18F4N4OS. The second kappa shape index (κ2) is 7.99. The zero-order valence-corrected chi connectivity index (χ0v) is 16.7. The first kappa shape index (κ1) is 20.8. The molecule has 2 aliphatic heterocycles. The third-order valence-corrected chi connectivity index (χ3v) is 6.27. The van der Waals surface area contributed by atoms with Gasteiger partial charge in [-0.25, -0.2) is 22.6 Å². The van der Waals surface area contributed by atoms with Crippen LogP contribution in [0, 0.1) is 11.7 Å². The first-order valence-corrected chi connectivity index (χ1v) is 10.2. The molecule has 10 heteroatoms. The molecule has 2 N–H and O–H groups in total. The van der Waals surface area contributed by atoms with Gasteiger partial charge in [0.05, 0.1) is 25.1 Å². The number of rotatable bonds is 4. The Morgan fingerprint density at radius 3 is 2.83 bits per heavy atom. The van der Waals surface area contributed by atoms with E-state index in [2.05, 4.69) is 15.0 Å². The third-order valence-electron chi connectivity index (χ3n) is 5.36. The number of amidine groups is 1. The van der Waals surface area contributed by atoms with E-state index in [-0.39, 0.29) is 29.9 Å². The molecular weight excluding hydrogens is 420 g/mol. The molecule has 0 spiro atoms.